The van der Waals surface area contributed by atoms with E-state index in [-0.39, 0.29) is 11.3 Å². The average Bonchev–Trinajstić information content (AvgIpc) is 2.04. The van der Waals surface area contributed by atoms with Crippen LogP contribution in [0.4, 0.5) is 0 Å². The highest BCUT2D eigenvalue weighted by atomic mass is 16.4. The third-order valence-corrected chi connectivity index (χ3v) is 1.56. The van der Waals surface area contributed by atoms with Crippen molar-refractivity contribution < 1.29 is 9.90 Å². The van der Waals surface area contributed by atoms with Gasteiger partial charge < -0.3 is 10.5 Å². The largest absolute Gasteiger partial charge is 0.478 e. The van der Waals surface area contributed by atoms with Gasteiger partial charge in [-0.05, 0) is 13.0 Å². The van der Waals surface area contributed by atoms with E-state index in [1.807, 2.05) is 0 Å². The Balaban J connectivity index is 3.27. The van der Waals surface area contributed by atoms with E-state index in [0.717, 1.165) is 0 Å². The van der Waals surface area contributed by atoms with Crippen LogP contribution < -0.4 is 0 Å². The first-order valence-electron chi connectivity index (χ1n) is 3.51. The molecule has 0 heterocycles. The third kappa shape index (κ3) is 1.50. The Morgan fingerprint density at radius 2 is 1.83 bits per heavy atom. The minimum Gasteiger partial charge on any atom is -0.478 e. The predicted molar refractivity (Wildman–Crippen MR) is 45.9 cm³/mol. The molecule has 0 aliphatic heterocycles. The predicted octanol–water partition coefficient (Wildman–Crippen LogP) is 1.77. The second kappa shape index (κ2) is 3.17. The molecule has 0 spiro atoms. The summed E-state index contributed by atoms with van der Waals surface area (Å²) in [6.45, 7) is 1.57. The number of carboxylic acids is 1. The molecule has 1 aromatic rings. The SMILES string of the molecule is CC(=N)c1ccccc1C(=O)O. The summed E-state index contributed by atoms with van der Waals surface area (Å²) in [5.41, 5.74) is 0.933. The van der Waals surface area contributed by atoms with Crippen LogP contribution in [0.25, 0.3) is 0 Å². The number of carbonyl (C=O) groups is 1. The van der Waals surface area contributed by atoms with E-state index in [1.165, 1.54) is 6.07 Å². The van der Waals surface area contributed by atoms with Crippen molar-refractivity contribution in [1.82, 2.24) is 0 Å². The molecule has 1 aromatic carbocycles. The van der Waals surface area contributed by atoms with Crippen molar-refractivity contribution in [2.75, 3.05) is 0 Å². The lowest BCUT2D eigenvalue weighted by molar-refractivity contribution is 0.0696. The first kappa shape index (κ1) is 8.46. The molecular weight excluding hydrogens is 154 g/mol. The van der Waals surface area contributed by atoms with Gasteiger partial charge in [0.05, 0.1) is 5.56 Å². The molecule has 0 amide bonds. The summed E-state index contributed by atoms with van der Waals surface area (Å²) in [7, 11) is 0. The Kier molecular flexibility index (Phi) is 2.24. The molecular formula is C9H9NO2. The second-order valence-electron chi connectivity index (χ2n) is 2.48. The van der Waals surface area contributed by atoms with Crippen molar-refractivity contribution >= 4 is 11.7 Å². The molecule has 62 valence electrons. The van der Waals surface area contributed by atoms with Crippen LogP contribution in [-0.4, -0.2) is 16.8 Å². The topological polar surface area (TPSA) is 61.2 Å². The number of carboxylic acid groups (broad SMARTS) is 1. The fourth-order valence-electron chi connectivity index (χ4n) is 0.997. The normalized spacial score (nSPS) is 9.42. The summed E-state index contributed by atoms with van der Waals surface area (Å²) in [4.78, 5) is 10.6. The van der Waals surface area contributed by atoms with Crippen LogP contribution in [0, 0.1) is 5.41 Å². The van der Waals surface area contributed by atoms with Crippen LogP contribution in [0.5, 0.6) is 0 Å². The first-order valence-corrected chi connectivity index (χ1v) is 3.51. The summed E-state index contributed by atoms with van der Waals surface area (Å²) in [5, 5.41) is 16.0. The maximum absolute atomic E-state index is 10.6. The Morgan fingerprint density at radius 3 is 2.17 bits per heavy atom. The van der Waals surface area contributed by atoms with Gasteiger partial charge in [-0.1, -0.05) is 18.2 Å². The Bertz CT molecular complexity index is 298. The minimum absolute atomic E-state index is 0.185. The van der Waals surface area contributed by atoms with Crippen LogP contribution in [0.3, 0.4) is 0 Å². The molecule has 0 radical (unpaired) electrons. The van der Waals surface area contributed by atoms with Crippen LogP contribution in [-0.2, 0) is 0 Å². The minimum atomic E-state index is -0.989. The number of aromatic carboxylic acids is 1. The monoisotopic (exact) mass is 163 g/mol. The molecule has 0 bridgehead atoms. The number of hydrogen-bond donors (Lipinski definition) is 2. The highest BCUT2D eigenvalue weighted by Crippen LogP contribution is 2.08. The fraction of sp³-hybridized carbons (Fsp3) is 0.111. The molecule has 0 aromatic heterocycles. The molecule has 3 nitrogen and oxygen atoms in total. The van der Waals surface area contributed by atoms with Gasteiger partial charge in [0.1, 0.15) is 0 Å². The highest BCUT2D eigenvalue weighted by Gasteiger charge is 2.09. The summed E-state index contributed by atoms with van der Waals surface area (Å²) < 4.78 is 0. The van der Waals surface area contributed by atoms with Crippen LogP contribution in [0.15, 0.2) is 24.3 Å². The van der Waals surface area contributed by atoms with E-state index in [2.05, 4.69) is 0 Å². The number of rotatable bonds is 2. The molecule has 0 atom stereocenters. The number of nitrogens with one attached hydrogen (secondary N) is 1. The Labute approximate surface area is 70.2 Å². The van der Waals surface area contributed by atoms with Crippen LogP contribution >= 0.6 is 0 Å². The van der Waals surface area contributed by atoms with Gasteiger partial charge in [-0.2, -0.15) is 0 Å². The maximum atomic E-state index is 10.6. The molecule has 0 fully saturated rings. The van der Waals surface area contributed by atoms with E-state index >= 15 is 0 Å². The Morgan fingerprint density at radius 1 is 1.33 bits per heavy atom. The third-order valence-electron chi connectivity index (χ3n) is 1.56. The molecule has 3 heteroatoms. The van der Waals surface area contributed by atoms with Gasteiger partial charge in [-0.3, -0.25) is 0 Å². The van der Waals surface area contributed by atoms with E-state index in [0.29, 0.717) is 5.56 Å². The van der Waals surface area contributed by atoms with Gasteiger partial charge in [0.15, 0.2) is 0 Å². The Hall–Kier alpha value is -1.64. The zero-order valence-electron chi connectivity index (χ0n) is 6.66. The lowest BCUT2D eigenvalue weighted by Gasteiger charge is -2.01. The zero-order valence-corrected chi connectivity index (χ0v) is 6.66. The van der Waals surface area contributed by atoms with Gasteiger partial charge in [0, 0.05) is 11.3 Å². The van der Waals surface area contributed by atoms with Gasteiger partial charge in [0.25, 0.3) is 0 Å². The lowest BCUT2D eigenvalue weighted by Crippen LogP contribution is -2.05. The van der Waals surface area contributed by atoms with E-state index < -0.39 is 5.97 Å². The van der Waals surface area contributed by atoms with Gasteiger partial charge in [-0.15, -0.1) is 0 Å². The first-order chi connectivity index (χ1) is 5.63. The van der Waals surface area contributed by atoms with Crippen LogP contribution in [0.1, 0.15) is 22.8 Å². The molecule has 2 N–H and O–H groups in total. The van der Waals surface area contributed by atoms with E-state index in [1.54, 1.807) is 25.1 Å². The van der Waals surface area contributed by atoms with Crippen molar-refractivity contribution in [3.05, 3.63) is 35.4 Å². The summed E-state index contributed by atoms with van der Waals surface area (Å²) in [6, 6.07) is 6.50. The van der Waals surface area contributed by atoms with Crippen molar-refractivity contribution in [1.29, 1.82) is 5.41 Å². The van der Waals surface area contributed by atoms with Gasteiger partial charge in [0.2, 0.25) is 0 Å². The molecule has 12 heavy (non-hydrogen) atoms. The molecule has 1 rings (SSSR count). The van der Waals surface area contributed by atoms with E-state index in [9.17, 15) is 4.79 Å². The molecule has 0 saturated heterocycles. The van der Waals surface area contributed by atoms with Crippen molar-refractivity contribution in [2.24, 2.45) is 0 Å². The van der Waals surface area contributed by atoms with Gasteiger partial charge >= 0.3 is 5.97 Å². The average molecular weight is 163 g/mol. The van der Waals surface area contributed by atoms with Crippen molar-refractivity contribution in [2.45, 2.75) is 6.92 Å². The highest BCUT2D eigenvalue weighted by molar-refractivity contribution is 6.05. The molecule has 0 unspecified atom stereocenters. The summed E-state index contributed by atoms with van der Waals surface area (Å²) in [5.74, 6) is -0.989. The van der Waals surface area contributed by atoms with Gasteiger partial charge in [-0.25, -0.2) is 4.79 Å². The lowest BCUT2D eigenvalue weighted by atomic mass is 10.0. The smallest absolute Gasteiger partial charge is 0.336 e. The summed E-state index contributed by atoms with van der Waals surface area (Å²) >= 11 is 0. The van der Waals surface area contributed by atoms with E-state index in [4.69, 9.17) is 10.5 Å². The number of hydrogen-bond acceptors (Lipinski definition) is 2. The van der Waals surface area contributed by atoms with Crippen molar-refractivity contribution in [3.8, 4) is 0 Å². The zero-order chi connectivity index (χ0) is 9.14. The standard InChI is InChI=1S/C9H9NO2/c1-6(10)7-4-2-3-5-8(7)9(11)12/h2-5,10H,1H3,(H,11,12). The molecule has 0 aliphatic carbocycles. The summed E-state index contributed by atoms with van der Waals surface area (Å²) in [6.07, 6.45) is 0. The molecule has 0 saturated carbocycles. The number of benzene rings is 1. The second-order valence-corrected chi connectivity index (χ2v) is 2.48. The molecule has 0 aliphatic rings. The van der Waals surface area contributed by atoms with Crippen LogP contribution in [0.2, 0.25) is 0 Å². The van der Waals surface area contributed by atoms with Crippen molar-refractivity contribution in [3.63, 3.8) is 0 Å². The fourth-order valence-corrected chi connectivity index (χ4v) is 0.997. The quantitative estimate of drug-likeness (QED) is 0.652. The maximum Gasteiger partial charge on any atom is 0.336 e.